The van der Waals surface area contributed by atoms with Gasteiger partial charge in [0, 0.05) is 18.8 Å². The first-order valence-corrected chi connectivity index (χ1v) is 7.36. The molecule has 0 aliphatic rings. The van der Waals surface area contributed by atoms with Gasteiger partial charge in [-0.3, -0.25) is 14.9 Å². The number of aryl methyl sites for hydroxylation is 1. The van der Waals surface area contributed by atoms with Crippen LogP contribution in [0.25, 0.3) is 0 Å². The van der Waals surface area contributed by atoms with Crippen LogP contribution >= 0.6 is 0 Å². The maximum Gasteiger partial charge on any atom is 0.241 e. The third kappa shape index (κ3) is 5.55. The number of likely N-dealkylation sites (N-methyl/N-ethyl adjacent to an activating group) is 1. The fraction of sp³-hybridized carbons (Fsp3) is 0.500. The normalized spacial score (nSPS) is 11.8. The van der Waals surface area contributed by atoms with Crippen LogP contribution in [0, 0.1) is 6.92 Å². The Balaban J connectivity index is 2.44. The molecule has 0 saturated heterocycles. The molecule has 5 heteroatoms. The minimum Gasteiger partial charge on any atom is -0.342 e. The first-order chi connectivity index (χ1) is 9.97. The van der Waals surface area contributed by atoms with E-state index in [0.717, 1.165) is 11.3 Å². The fourth-order valence-electron chi connectivity index (χ4n) is 1.91. The molecule has 0 heterocycles. The Morgan fingerprint density at radius 3 is 2.24 bits per heavy atom. The van der Waals surface area contributed by atoms with Crippen molar-refractivity contribution in [2.75, 3.05) is 25.0 Å². The number of amides is 2. The summed E-state index contributed by atoms with van der Waals surface area (Å²) >= 11 is 0. The van der Waals surface area contributed by atoms with Crippen molar-refractivity contribution in [2.45, 2.75) is 33.7 Å². The van der Waals surface area contributed by atoms with Crippen LogP contribution in [-0.4, -0.2) is 42.4 Å². The van der Waals surface area contributed by atoms with Crippen LogP contribution in [0.4, 0.5) is 5.69 Å². The second-order valence-corrected chi connectivity index (χ2v) is 5.02. The Hall–Kier alpha value is -1.88. The maximum atomic E-state index is 12.0. The standard InChI is InChI=1S/C16H25N3O2/c1-5-19(6-2)15(20)11-17-13(4)16(21)18-14-9-7-12(3)8-10-14/h7-10,13,17H,5-6,11H2,1-4H3,(H,18,21). The lowest BCUT2D eigenvalue weighted by molar-refractivity contribution is -0.130. The highest BCUT2D eigenvalue weighted by Crippen LogP contribution is 2.08. The highest BCUT2D eigenvalue weighted by molar-refractivity contribution is 5.94. The average Bonchev–Trinajstić information content (AvgIpc) is 2.48. The number of hydrogen-bond donors (Lipinski definition) is 2. The van der Waals surface area contributed by atoms with Crippen LogP contribution in [0.1, 0.15) is 26.3 Å². The highest BCUT2D eigenvalue weighted by atomic mass is 16.2. The van der Waals surface area contributed by atoms with E-state index in [9.17, 15) is 9.59 Å². The predicted octanol–water partition coefficient (Wildman–Crippen LogP) is 1.78. The van der Waals surface area contributed by atoms with Crippen molar-refractivity contribution >= 4 is 17.5 Å². The van der Waals surface area contributed by atoms with Gasteiger partial charge in [0.1, 0.15) is 0 Å². The van der Waals surface area contributed by atoms with E-state index in [0.29, 0.717) is 13.1 Å². The van der Waals surface area contributed by atoms with Crippen molar-refractivity contribution in [3.63, 3.8) is 0 Å². The molecule has 0 aromatic heterocycles. The number of rotatable bonds is 7. The summed E-state index contributed by atoms with van der Waals surface area (Å²) in [4.78, 5) is 25.6. The summed E-state index contributed by atoms with van der Waals surface area (Å²) in [6.45, 7) is 9.16. The minimum absolute atomic E-state index is 0.00925. The van der Waals surface area contributed by atoms with E-state index in [1.165, 1.54) is 0 Å². The lowest BCUT2D eigenvalue weighted by Gasteiger charge is -2.20. The summed E-state index contributed by atoms with van der Waals surface area (Å²) in [6.07, 6.45) is 0. The molecule has 5 nitrogen and oxygen atoms in total. The number of carbonyl (C=O) groups is 2. The number of benzene rings is 1. The van der Waals surface area contributed by atoms with E-state index in [1.807, 2.05) is 45.0 Å². The second kappa shape index (κ2) is 8.42. The van der Waals surface area contributed by atoms with Gasteiger partial charge in [-0.25, -0.2) is 0 Å². The number of nitrogens with one attached hydrogen (secondary N) is 2. The van der Waals surface area contributed by atoms with Crippen molar-refractivity contribution in [1.29, 1.82) is 0 Å². The summed E-state index contributed by atoms with van der Waals surface area (Å²) < 4.78 is 0. The number of anilines is 1. The molecule has 0 radical (unpaired) electrons. The Morgan fingerprint density at radius 2 is 1.71 bits per heavy atom. The zero-order valence-corrected chi connectivity index (χ0v) is 13.3. The first-order valence-electron chi connectivity index (χ1n) is 7.36. The van der Waals surface area contributed by atoms with Gasteiger partial charge in [-0.1, -0.05) is 17.7 Å². The number of hydrogen-bond acceptors (Lipinski definition) is 3. The van der Waals surface area contributed by atoms with E-state index in [1.54, 1.807) is 11.8 Å². The van der Waals surface area contributed by atoms with Crippen LogP contribution in [-0.2, 0) is 9.59 Å². The van der Waals surface area contributed by atoms with Gasteiger partial charge >= 0.3 is 0 Å². The Bertz CT molecular complexity index is 467. The van der Waals surface area contributed by atoms with Crippen molar-refractivity contribution in [2.24, 2.45) is 0 Å². The predicted molar refractivity (Wildman–Crippen MR) is 85.2 cm³/mol. The molecule has 1 aromatic carbocycles. The maximum absolute atomic E-state index is 12.0. The van der Waals surface area contributed by atoms with Crippen molar-refractivity contribution in [3.05, 3.63) is 29.8 Å². The van der Waals surface area contributed by atoms with Gasteiger partial charge < -0.3 is 10.2 Å². The molecule has 1 atom stereocenters. The summed E-state index contributed by atoms with van der Waals surface area (Å²) in [5.41, 5.74) is 1.90. The van der Waals surface area contributed by atoms with Gasteiger partial charge in [-0.2, -0.15) is 0 Å². The molecular formula is C16H25N3O2. The Kier molecular flexibility index (Phi) is 6.88. The van der Waals surface area contributed by atoms with Crippen LogP contribution in [0.3, 0.4) is 0 Å². The molecule has 1 aromatic rings. The van der Waals surface area contributed by atoms with E-state index in [4.69, 9.17) is 0 Å². The zero-order valence-electron chi connectivity index (χ0n) is 13.3. The van der Waals surface area contributed by atoms with Crippen LogP contribution in [0.5, 0.6) is 0 Å². The van der Waals surface area contributed by atoms with Crippen molar-refractivity contribution in [3.8, 4) is 0 Å². The molecule has 0 bridgehead atoms. The third-order valence-electron chi connectivity index (χ3n) is 3.39. The molecule has 116 valence electrons. The summed E-state index contributed by atoms with van der Waals surface area (Å²) in [5.74, 6) is -0.138. The van der Waals surface area contributed by atoms with E-state index < -0.39 is 6.04 Å². The minimum atomic E-state index is -0.425. The van der Waals surface area contributed by atoms with Crippen molar-refractivity contribution < 1.29 is 9.59 Å². The lowest BCUT2D eigenvalue weighted by Crippen LogP contribution is -2.45. The molecule has 0 aliphatic carbocycles. The molecule has 0 fully saturated rings. The van der Waals surface area contributed by atoms with E-state index >= 15 is 0 Å². The number of nitrogens with zero attached hydrogens (tertiary/aromatic N) is 1. The van der Waals surface area contributed by atoms with Crippen LogP contribution in [0.15, 0.2) is 24.3 Å². The smallest absolute Gasteiger partial charge is 0.241 e. The highest BCUT2D eigenvalue weighted by Gasteiger charge is 2.15. The van der Waals surface area contributed by atoms with E-state index in [-0.39, 0.29) is 18.4 Å². The zero-order chi connectivity index (χ0) is 15.8. The number of carbonyl (C=O) groups excluding carboxylic acids is 2. The molecule has 21 heavy (non-hydrogen) atoms. The van der Waals surface area contributed by atoms with Gasteiger partial charge in [0.25, 0.3) is 0 Å². The molecule has 0 spiro atoms. The molecular weight excluding hydrogens is 266 g/mol. The molecule has 1 unspecified atom stereocenters. The van der Waals surface area contributed by atoms with Crippen LogP contribution < -0.4 is 10.6 Å². The van der Waals surface area contributed by atoms with Crippen molar-refractivity contribution in [1.82, 2.24) is 10.2 Å². The van der Waals surface area contributed by atoms with Gasteiger partial charge in [-0.05, 0) is 39.8 Å². The Morgan fingerprint density at radius 1 is 1.14 bits per heavy atom. The first kappa shape index (κ1) is 17.2. The summed E-state index contributed by atoms with van der Waals surface area (Å²) in [6, 6.07) is 7.18. The van der Waals surface area contributed by atoms with Gasteiger partial charge in [0.05, 0.1) is 12.6 Å². The topological polar surface area (TPSA) is 61.4 Å². The SMILES string of the molecule is CCN(CC)C(=O)CNC(C)C(=O)Nc1ccc(C)cc1. The fourth-order valence-corrected chi connectivity index (χ4v) is 1.91. The lowest BCUT2D eigenvalue weighted by atomic mass is 10.2. The third-order valence-corrected chi connectivity index (χ3v) is 3.39. The molecule has 0 aliphatic heterocycles. The second-order valence-electron chi connectivity index (χ2n) is 5.02. The quantitative estimate of drug-likeness (QED) is 0.805. The molecule has 0 saturated carbocycles. The summed E-state index contributed by atoms with van der Waals surface area (Å²) in [7, 11) is 0. The van der Waals surface area contributed by atoms with Gasteiger partial charge in [0.2, 0.25) is 11.8 Å². The van der Waals surface area contributed by atoms with Gasteiger partial charge in [0.15, 0.2) is 0 Å². The molecule has 2 amide bonds. The average molecular weight is 291 g/mol. The summed E-state index contributed by atoms with van der Waals surface area (Å²) in [5, 5.41) is 5.78. The Labute approximate surface area is 126 Å². The monoisotopic (exact) mass is 291 g/mol. The molecule has 2 N–H and O–H groups in total. The van der Waals surface area contributed by atoms with E-state index in [2.05, 4.69) is 10.6 Å². The van der Waals surface area contributed by atoms with Gasteiger partial charge in [-0.15, -0.1) is 0 Å². The largest absolute Gasteiger partial charge is 0.342 e. The molecule has 1 rings (SSSR count). The van der Waals surface area contributed by atoms with Crippen LogP contribution in [0.2, 0.25) is 0 Å².